The molecule has 3 aromatic carbocycles. The Hall–Kier alpha value is -4.02. The van der Waals surface area contributed by atoms with Crippen LogP contribution >= 0.6 is 0 Å². The highest BCUT2D eigenvalue weighted by atomic mass is 32.2. The number of carbonyl (C=O) groups excluding carboxylic acids is 3. The molecule has 0 bridgehead atoms. The normalized spacial score (nSPS) is 16.6. The van der Waals surface area contributed by atoms with E-state index in [4.69, 9.17) is 0 Å². The summed E-state index contributed by atoms with van der Waals surface area (Å²) in [6.45, 7) is 2.58. The second kappa shape index (κ2) is 13.8. The van der Waals surface area contributed by atoms with Crippen molar-refractivity contribution in [3.8, 4) is 0 Å². The van der Waals surface area contributed by atoms with Gasteiger partial charge in [0.2, 0.25) is 10.0 Å². The van der Waals surface area contributed by atoms with Crippen LogP contribution in [0.25, 0.3) is 0 Å². The highest BCUT2D eigenvalue weighted by Gasteiger charge is 2.30. The Labute approximate surface area is 247 Å². The number of piperidine rings is 1. The van der Waals surface area contributed by atoms with Crippen molar-refractivity contribution in [1.29, 1.82) is 0 Å². The molecule has 3 N–H and O–H groups in total. The minimum absolute atomic E-state index is 0.0722. The molecule has 9 nitrogen and oxygen atoms in total. The summed E-state index contributed by atoms with van der Waals surface area (Å²) < 4.78 is 25.8. The van der Waals surface area contributed by atoms with E-state index in [1.54, 1.807) is 0 Å². The van der Waals surface area contributed by atoms with Crippen LogP contribution < -0.4 is 20.3 Å². The lowest BCUT2D eigenvalue weighted by molar-refractivity contribution is -0.123. The summed E-state index contributed by atoms with van der Waals surface area (Å²) in [6, 6.07) is 21.6. The molecule has 0 saturated carbocycles. The lowest BCUT2D eigenvalue weighted by Crippen LogP contribution is -2.52. The number of anilines is 1. The van der Waals surface area contributed by atoms with Crippen LogP contribution in [0.1, 0.15) is 64.1 Å². The number of hydrogen-bond acceptors (Lipinski definition) is 6. The van der Waals surface area contributed by atoms with Crippen LogP contribution in [0.4, 0.5) is 5.69 Å². The van der Waals surface area contributed by atoms with Crippen LogP contribution in [0.2, 0.25) is 0 Å². The monoisotopic (exact) mass is 590 g/mol. The molecule has 1 aliphatic heterocycles. The van der Waals surface area contributed by atoms with E-state index in [2.05, 4.69) is 16.0 Å². The maximum atomic E-state index is 13.7. The lowest BCUT2D eigenvalue weighted by atomic mass is 9.92. The number of Topliss-reactive ketones (excluding diaryl/α,β-unsaturated/α-hetero) is 1. The molecule has 0 spiro atoms. The minimum atomic E-state index is -3.69. The molecule has 42 heavy (non-hydrogen) atoms. The summed E-state index contributed by atoms with van der Waals surface area (Å²) >= 11 is 0. The molecule has 10 heteroatoms. The van der Waals surface area contributed by atoms with Crippen molar-refractivity contribution in [1.82, 2.24) is 16.0 Å². The smallest absolute Gasteiger partial charge is 0.251 e. The van der Waals surface area contributed by atoms with E-state index in [9.17, 15) is 22.8 Å². The van der Waals surface area contributed by atoms with Crippen molar-refractivity contribution in [2.45, 2.75) is 50.7 Å². The largest absolute Gasteiger partial charge is 0.346 e. The van der Waals surface area contributed by atoms with E-state index in [1.165, 1.54) is 25.2 Å². The summed E-state index contributed by atoms with van der Waals surface area (Å²) in [5, 5.41) is 9.07. The van der Waals surface area contributed by atoms with Crippen LogP contribution in [0.3, 0.4) is 0 Å². The first-order valence-corrected chi connectivity index (χ1v) is 15.9. The second-order valence-corrected chi connectivity index (χ2v) is 12.7. The van der Waals surface area contributed by atoms with Crippen molar-refractivity contribution in [3.63, 3.8) is 0 Å². The van der Waals surface area contributed by atoms with Crippen LogP contribution in [0.15, 0.2) is 78.9 Å². The van der Waals surface area contributed by atoms with Gasteiger partial charge in [-0.2, -0.15) is 0 Å². The topological polar surface area (TPSA) is 125 Å². The van der Waals surface area contributed by atoms with Crippen molar-refractivity contribution in [2.24, 2.45) is 0 Å². The number of benzene rings is 3. The first-order chi connectivity index (χ1) is 20.0. The third-order valence-electron chi connectivity index (χ3n) is 7.54. The fourth-order valence-electron chi connectivity index (χ4n) is 5.00. The molecule has 0 radical (unpaired) electrons. The third kappa shape index (κ3) is 8.04. The molecular formula is C32H38N4O5S. The Kier molecular flexibility index (Phi) is 10.1. The molecule has 1 aliphatic rings. The highest BCUT2D eigenvalue weighted by Crippen LogP contribution is 2.22. The molecule has 3 atom stereocenters. The molecule has 0 aliphatic carbocycles. The van der Waals surface area contributed by atoms with Gasteiger partial charge in [0.1, 0.15) is 0 Å². The molecular weight excluding hydrogens is 552 g/mol. The van der Waals surface area contributed by atoms with Crippen molar-refractivity contribution in [2.75, 3.05) is 24.2 Å². The van der Waals surface area contributed by atoms with Gasteiger partial charge in [-0.25, -0.2) is 8.42 Å². The number of amides is 2. The Morgan fingerprint density at radius 3 is 2.07 bits per heavy atom. The van der Waals surface area contributed by atoms with Gasteiger partial charge < -0.3 is 16.0 Å². The van der Waals surface area contributed by atoms with Gasteiger partial charge in [0, 0.05) is 18.2 Å². The minimum Gasteiger partial charge on any atom is -0.346 e. The SMILES string of the molecule is CC(NC(=O)c1cc(C(=O)NC(Cc2ccccc2)C(=O)C2CCCCN2)cc(N(C)S(C)(=O)=O)c1)c1ccccc1. The molecule has 3 aromatic rings. The summed E-state index contributed by atoms with van der Waals surface area (Å²) in [5.74, 6) is -1.15. The van der Waals surface area contributed by atoms with Gasteiger partial charge in [0.05, 0.1) is 30.1 Å². The van der Waals surface area contributed by atoms with E-state index in [0.717, 1.165) is 41.1 Å². The molecule has 1 heterocycles. The first kappa shape index (κ1) is 30.9. The quantitative estimate of drug-likeness (QED) is 0.313. The molecule has 1 fully saturated rings. The number of carbonyl (C=O) groups is 3. The average molecular weight is 591 g/mol. The van der Waals surface area contributed by atoms with E-state index >= 15 is 0 Å². The highest BCUT2D eigenvalue weighted by molar-refractivity contribution is 7.92. The predicted molar refractivity (Wildman–Crippen MR) is 164 cm³/mol. The van der Waals surface area contributed by atoms with E-state index in [0.29, 0.717) is 12.8 Å². The average Bonchev–Trinajstić information content (AvgIpc) is 3.00. The zero-order valence-corrected chi connectivity index (χ0v) is 25.0. The van der Waals surface area contributed by atoms with Crippen LogP contribution in [-0.4, -0.2) is 57.9 Å². The number of nitrogens with one attached hydrogen (secondary N) is 3. The molecule has 4 rings (SSSR count). The van der Waals surface area contributed by atoms with Crippen LogP contribution in [0, 0.1) is 0 Å². The molecule has 222 valence electrons. The lowest BCUT2D eigenvalue weighted by Gasteiger charge is -2.27. The first-order valence-electron chi connectivity index (χ1n) is 14.1. The van der Waals surface area contributed by atoms with E-state index in [1.807, 2.05) is 67.6 Å². The summed E-state index contributed by atoms with van der Waals surface area (Å²) in [5.41, 5.74) is 2.14. The number of hydrogen-bond donors (Lipinski definition) is 3. The Balaban J connectivity index is 1.64. The van der Waals surface area contributed by atoms with Crippen LogP contribution in [0.5, 0.6) is 0 Å². The van der Waals surface area contributed by atoms with Crippen molar-refractivity contribution in [3.05, 3.63) is 101 Å². The van der Waals surface area contributed by atoms with Gasteiger partial charge in [-0.05, 0) is 62.1 Å². The fraction of sp³-hybridized carbons (Fsp3) is 0.344. The Morgan fingerprint density at radius 1 is 0.905 bits per heavy atom. The molecule has 2 amide bonds. The van der Waals surface area contributed by atoms with Gasteiger partial charge >= 0.3 is 0 Å². The van der Waals surface area contributed by atoms with E-state index < -0.39 is 27.9 Å². The summed E-state index contributed by atoms with van der Waals surface area (Å²) in [6.07, 6.45) is 3.96. The molecule has 1 saturated heterocycles. The predicted octanol–water partition coefficient (Wildman–Crippen LogP) is 3.63. The number of ketones is 1. The third-order valence-corrected chi connectivity index (χ3v) is 8.74. The van der Waals surface area contributed by atoms with Gasteiger partial charge in [-0.15, -0.1) is 0 Å². The zero-order valence-electron chi connectivity index (χ0n) is 24.2. The number of nitrogens with zero attached hydrogens (tertiary/aromatic N) is 1. The number of rotatable bonds is 11. The Morgan fingerprint density at radius 2 is 1.50 bits per heavy atom. The molecule has 3 unspecified atom stereocenters. The van der Waals surface area contributed by atoms with Gasteiger partial charge in [-0.3, -0.25) is 18.7 Å². The van der Waals surface area contributed by atoms with Gasteiger partial charge in [0.25, 0.3) is 11.8 Å². The summed E-state index contributed by atoms with van der Waals surface area (Å²) in [7, 11) is -2.33. The Bertz CT molecular complexity index is 1510. The molecule has 0 aromatic heterocycles. The second-order valence-electron chi connectivity index (χ2n) is 10.7. The van der Waals surface area contributed by atoms with Gasteiger partial charge in [0.15, 0.2) is 5.78 Å². The fourth-order valence-corrected chi connectivity index (χ4v) is 5.49. The maximum Gasteiger partial charge on any atom is 0.251 e. The van der Waals surface area contributed by atoms with Crippen LogP contribution in [-0.2, 0) is 21.2 Å². The maximum absolute atomic E-state index is 13.7. The standard InChI is InChI=1S/C32H38N4O5S/c1-22(24-14-8-5-9-15-24)34-31(38)25-19-26(21-27(20-25)36(2)42(3,40)41)32(39)35-29(18-23-12-6-4-7-13-23)30(37)28-16-10-11-17-33-28/h4-9,12-15,19-22,28-29,33H,10-11,16-18H2,1-3H3,(H,34,38)(H,35,39). The van der Waals surface area contributed by atoms with Crippen molar-refractivity contribution < 1.29 is 22.8 Å². The van der Waals surface area contributed by atoms with Gasteiger partial charge in [-0.1, -0.05) is 67.1 Å². The number of sulfonamides is 1. The zero-order chi connectivity index (χ0) is 30.3. The van der Waals surface area contributed by atoms with Crippen molar-refractivity contribution >= 4 is 33.3 Å². The van der Waals surface area contributed by atoms with E-state index in [-0.39, 0.29) is 34.7 Å². The summed E-state index contributed by atoms with van der Waals surface area (Å²) in [4.78, 5) is 40.6.